The molecule has 1 aliphatic heterocycles. The third-order valence-corrected chi connectivity index (χ3v) is 10.4. The lowest BCUT2D eigenvalue weighted by Crippen LogP contribution is -2.47. The second-order valence-corrected chi connectivity index (χ2v) is 13.7. The smallest absolute Gasteiger partial charge is 0.192 e. The quantitative estimate of drug-likeness (QED) is 0.565. The van der Waals surface area contributed by atoms with Gasteiger partial charge in [-0.3, -0.25) is 0 Å². The van der Waals surface area contributed by atoms with Crippen molar-refractivity contribution in [3.8, 4) is 0 Å². The number of anilines is 1. The molecule has 0 bridgehead atoms. The summed E-state index contributed by atoms with van der Waals surface area (Å²) in [6.07, 6.45) is 2.58. The predicted molar refractivity (Wildman–Crippen MR) is 103 cm³/mol. The van der Waals surface area contributed by atoms with Gasteiger partial charge in [-0.15, -0.1) is 0 Å². The Balaban J connectivity index is 1.98. The summed E-state index contributed by atoms with van der Waals surface area (Å²) in [6, 6.07) is 5.99. The zero-order valence-electron chi connectivity index (χ0n) is 14.2. The molecule has 1 aliphatic rings. The Morgan fingerprint density at radius 1 is 1.23 bits per heavy atom. The first-order valence-electron chi connectivity index (χ1n) is 7.98. The molecule has 2 rings (SSSR count). The Hall–Kier alpha value is -0.0331. The minimum Gasteiger partial charge on any atom is -0.414 e. The van der Waals surface area contributed by atoms with Crippen molar-refractivity contribution < 1.29 is 4.43 Å². The van der Waals surface area contributed by atoms with Crippen LogP contribution >= 0.6 is 27.5 Å². The molecule has 2 nitrogen and oxygen atoms in total. The topological polar surface area (TPSA) is 12.5 Å². The second-order valence-electron chi connectivity index (χ2n) is 7.66. The van der Waals surface area contributed by atoms with Crippen LogP contribution in [0.15, 0.2) is 22.7 Å². The van der Waals surface area contributed by atoms with E-state index >= 15 is 0 Å². The summed E-state index contributed by atoms with van der Waals surface area (Å²) in [5.41, 5.74) is 1.19. The SMILES string of the molecule is CC(C)(C)[Si](C)(C)OC1CCN(c2cc(Cl)ccc2Br)CC1. The van der Waals surface area contributed by atoms with E-state index in [0.29, 0.717) is 6.10 Å². The molecule has 22 heavy (non-hydrogen) atoms. The lowest BCUT2D eigenvalue weighted by molar-refractivity contribution is 0.152. The average molecular weight is 405 g/mol. The molecule has 0 amide bonds. The van der Waals surface area contributed by atoms with Crippen LogP contribution in [-0.2, 0) is 4.43 Å². The molecular formula is C17H27BrClNOSi. The molecule has 0 radical (unpaired) electrons. The molecule has 1 aromatic rings. The maximum absolute atomic E-state index is 6.56. The van der Waals surface area contributed by atoms with E-state index < -0.39 is 8.32 Å². The maximum Gasteiger partial charge on any atom is 0.192 e. The number of nitrogens with zero attached hydrogens (tertiary/aromatic N) is 1. The summed E-state index contributed by atoms with van der Waals surface area (Å²) in [4.78, 5) is 2.40. The first kappa shape index (κ1) is 18.3. The van der Waals surface area contributed by atoms with Gasteiger partial charge in [-0.25, -0.2) is 0 Å². The van der Waals surface area contributed by atoms with E-state index in [2.05, 4.69) is 54.7 Å². The molecule has 0 aliphatic carbocycles. The van der Waals surface area contributed by atoms with Crippen molar-refractivity contribution >= 4 is 41.5 Å². The Bertz CT molecular complexity index is 522. The summed E-state index contributed by atoms with van der Waals surface area (Å²) < 4.78 is 7.67. The standard InChI is InChI=1S/C17H27BrClNOSi/c1-17(2,3)22(4,5)21-14-8-10-20(11-9-14)16-12-13(19)6-7-15(16)18/h6-7,12,14H,8-11H2,1-5H3. The molecule has 0 atom stereocenters. The highest BCUT2D eigenvalue weighted by Crippen LogP contribution is 2.39. The second kappa shape index (κ2) is 6.84. The lowest BCUT2D eigenvalue weighted by Gasteiger charge is -2.42. The van der Waals surface area contributed by atoms with Crippen LogP contribution in [0.5, 0.6) is 0 Å². The van der Waals surface area contributed by atoms with Crippen LogP contribution in [0.3, 0.4) is 0 Å². The van der Waals surface area contributed by atoms with Gasteiger partial charge in [-0.1, -0.05) is 32.4 Å². The number of rotatable bonds is 3. The fourth-order valence-electron chi connectivity index (χ4n) is 2.54. The van der Waals surface area contributed by atoms with Crippen LogP contribution in [0.1, 0.15) is 33.6 Å². The van der Waals surface area contributed by atoms with Crippen molar-refractivity contribution in [2.45, 2.75) is 57.8 Å². The van der Waals surface area contributed by atoms with Gasteiger partial charge >= 0.3 is 0 Å². The molecule has 5 heteroatoms. The van der Waals surface area contributed by atoms with E-state index in [1.165, 1.54) is 5.69 Å². The molecule has 0 unspecified atom stereocenters. The van der Waals surface area contributed by atoms with Crippen molar-refractivity contribution in [2.75, 3.05) is 18.0 Å². The third-order valence-electron chi connectivity index (χ3n) is 4.96. The molecule has 124 valence electrons. The van der Waals surface area contributed by atoms with Crippen molar-refractivity contribution in [3.63, 3.8) is 0 Å². The van der Waals surface area contributed by atoms with E-state index in [-0.39, 0.29) is 5.04 Å². The van der Waals surface area contributed by atoms with Crippen molar-refractivity contribution in [1.29, 1.82) is 0 Å². The van der Waals surface area contributed by atoms with Crippen LogP contribution in [0, 0.1) is 0 Å². The summed E-state index contributed by atoms with van der Waals surface area (Å²) in [5.74, 6) is 0. The number of halogens is 2. The van der Waals surface area contributed by atoms with Gasteiger partial charge in [0.15, 0.2) is 8.32 Å². The molecule has 1 aromatic carbocycles. The van der Waals surface area contributed by atoms with Crippen LogP contribution in [-0.4, -0.2) is 27.5 Å². The van der Waals surface area contributed by atoms with Gasteiger partial charge < -0.3 is 9.33 Å². The van der Waals surface area contributed by atoms with Crippen LogP contribution in [0.4, 0.5) is 5.69 Å². The van der Waals surface area contributed by atoms with Gasteiger partial charge in [0.2, 0.25) is 0 Å². The fraction of sp³-hybridized carbons (Fsp3) is 0.647. The fourth-order valence-corrected chi connectivity index (χ4v) is 4.62. The van der Waals surface area contributed by atoms with Gasteiger partial charge in [-0.2, -0.15) is 0 Å². The van der Waals surface area contributed by atoms with Crippen molar-refractivity contribution in [3.05, 3.63) is 27.7 Å². The molecule has 1 fully saturated rings. The molecule has 1 heterocycles. The molecule has 0 saturated carbocycles. The molecule has 0 aromatic heterocycles. The van der Waals surface area contributed by atoms with E-state index in [1.54, 1.807) is 0 Å². The summed E-state index contributed by atoms with van der Waals surface area (Å²) in [6.45, 7) is 13.6. The number of hydrogen-bond acceptors (Lipinski definition) is 2. The van der Waals surface area contributed by atoms with Gasteiger partial charge in [-0.05, 0) is 65.1 Å². The Labute approximate surface area is 149 Å². The summed E-state index contributed by atoms with van der Waals surface area (Å²) >= 11 is 9.77. The first-order chi connectivity index (χ1) is 10.1. The average Bonchev–Trinajstić information content (AvgIpc) is 2.41. The Morgan fingerprint density at radius 2 is 1.82 bits per heavy atom. The van der Waals surface area contributed by atoms with Crippen LogP contribution < -0.4 is 4.90 Å². The third kappa shape index (κ3) is 4.28. The number of hydrogen-bond donors (Lipinski definition) is 0. The number of piperidine rings is 1. The summed E-state index contributed by atoms with van der Waals surface area (Å²) in [5, 5.41) is 1.07. The summed E-state index contributed by atoms with van der Waals surface area (Å²) in [7, 11) is -1.66. The molecule has 0 N–H and O–H groups in total. The predicted octanol–water partition coefficient (Wildman–Crippen LogP) is 6.09. The largest absolute Gasteiger partial charge is 0.414 e. The minimum atomic E-state index is -1.66. The monoisotopic (exact) mass is 403 g/mol. The van der Waals surface area contributed by atoms with Crippen molar-refractivity contribution in [1.82, 2.24) is 0 Å². The van der Waals surface area contributed by atoms with Gasteiger partial charge in [0.1, 0.15) is 0 Å². The molecule has 1 saturated heterocycles. The van der Waals surface area contributed by atoms with Crippen molar-refractivity contribution in [2.24, 2.45) is 0 Å². The van der Waals surface area contributed by atoms with E-state index in [4.69, 9.17) is 16.0 Å². The molecule has 0 spiro atoms. The van der Waals surface area contributed by atoms with E-state index in [1.807, 2.05) is 18.2 Å². The highest BCUT2D eigenvalue weighted by atomic mass is 79.9. The van der Waals surface area contributed by atoms with Gasteiger partial charge in [0.05, 0.1) is 5.69 Å². The minimum absolute atomic E-state index is 0.278. The first-order valence-corrected chi connectivity index (χ1v) is 12.1. The Kier molecular flexibility index (Phi) is 5.69. The highest BCUT2D eigenvalue weighted by Gasteiger charge is 2.39. The molecular weight excluding hydrogens is 378 g/mol. The van der Waals surface area contributed by atoms with E-state index in [0.717, 1.165) is 35.4 Å². The normalized spacial score (nSPS) is 17.9. The Morgan fingerprint density at radius 3 is 2.36 bits per heavy atom. The highest BCUT2D eigenvalue weighted by molar-refractivity contribution is 9.10. The zero-order valence-corrected chi connectivity index (χ0v) is 17.6. The van der Waals surface area contributed by atoms with Gasteiger partial charge in [0.25, 0.3) is 0 Å². The maximum atomic E-state index is 6.56. The van der Waals surface area contributed by atoms with Crippen LogP contribution in [0.2, 0.25) is 23.2 Å². The number of benzene rings is 1. The van der Waals surface area contributed by atoms with E-state index in [9.17, 15) is 0 Å². The van der Waals surface area contributed by atoms with Crippen LogP contribution in [0.25, 0.3) is 0 Å². The van der Waals surface area contributed by atoms with Gasteiger partial charge in [0, 0.05) is 28.7 Å². The zero-order chi connectivity index (χ0) is 16.5. The lowest BCUT2D eigenvalue weighted by atomic mass is 10.1.